The zero-order valence-corrected chi connectivity index (χ0v) is 13.6. The fourth-order valence-electron chi connectivity index (χ4n) is 2.25. The Balaban J connectivity index is 1.89. The summed E-state index contributed by atoms with van der Waals surface area (Å²) < 4.78 is 0. The number of phenolic OH excluding ortho intramolecular Hbond substituents is 1. The average Bonchev–Trinajstić information content (AvgIpc) is 3.37. The molecule has 23 heavy (non-hydrogen) atoms. The van der Waals surface area contributed by atoms with Gasteiger partial charge in [0.15, 0.2) is 0 Å². The van der Waals surface area contributed by atoms with Crippen LogP contribution in [0, 0.1) is 5.92 Å². The summed E-state index contributed by atoms with van der Waals surface area (Å²) in [5, 5.41) is 15.0. The van der Waals surface area contributed by atoms with Crippen LogP contribution in [0.1, 0.15) is 28.8 Å². The van der Waals surface area contributed by atoms with Gasteiger partial charge in [-0.3, -0.25) is 4.79 Å². The number of halogens is 2. The molecule has 0 atom stereocenters. The summed E-state index contributed by atoms with van der Waals surface area (Å²) in [5.41, 5.74) is 4.10. The van der Waals surface area contributed by atoms with Crippen LogP contribution in [0.3, 0.4) is 0 Å². The van der Waals surface area contributed by atoms with E-state index in [2.05, 4.69) is 10.5 Å². The van der Waals surface area contributed by atoms with Crippen LogP contribution in [0.2, 0.25) is 10.0 Å². The van der Waals surface area contributed by atoms with Crippen molar-refractivity contribution in [1.29, 1.82) is 0 Å². The maximum absolute atomic E-state index is 12.1. The summed E-state index contributed by atoms with van der Waals surface area (Å²) in [4.78, 5) is 12.1. The van der Waals surface area contributed by atoms with Crippen molar-refractivity contribution in [3.63, 3.8) is 0 Å². The standard InChI is InChI=1S/C17H14Cl2N2O2/c18-12-8-13(16(22)14(19)9-12)15(10-6-7-10)20-21-17(23)11-4-2-1-3-5-11/h1-5,8-10,22H,6-7H2,(H,21,23). The lowest BCUT2D eigenvalue weighted by molar-refractivity contribution is 0.0954. The van der Waals surface area contributed by atoms with Gasteiger partial charge in [0, 0.05) is 22.1 Å². The summed E-state index contributed by atoms with van der Waals surface area (Å²) in [7, 11) is 0. The van der Waals surface area contributed by atoms with Crippen LogP contribution in [0.25, 0.3) is 0 Å². The van der Waals surface area contributed by atoms with Crippen LogP contribution >= 0.6 is 23.2 Å². The molecule has 0 saturated heterocycles. The highest BCUT2D eigenvalue weighted by molar-refractivity contribution is 6.36. The van der Waals surface area contributed by atoms with E-state index in [0.29, 0.717) is 21.9 Å². The summed E-state index contributed by atoms with van der Waals surface area (Å²) in [6.45, 7) is 0. The highest BCUT2D eigenvalue weighted by Gasteiger charge is 2.31. The molecule has 0 spiro atoms. The molecule has 3 rings (SSSR count). The molecule has 0 aliphatic heterocycles. The summed E-state index contributed by atoms with van der Waals surface area (Å²) >= 11 is 12.0. The largest absolute Gasteiger partial charge is 0.506 e. The smallest absolute Gasteiger partial charge is 0.271 e. The Morgan fingerprint density at radius 2 is 1.87 bits per heavy atom. The minimum atomic E-state index is -0.309. The van der Waals surface area contributed by atoms with Crippen molar-refractivity contribution >= 4 is 34.8 Å². The number of nitrogens with zero attached hydrogens (tertiary/aromatic N) is 1. The Bertz CT molecular complexity index is 772. The van der Waals surface area contributed by atoms with Gasteiger partial charge in [-0.1, -0.05) is 41.4 Å². The number of nitrogens with one attached hydrogen (secondary N) is 1. The van der Waals surface area contributed by atoms with Crippen molar-refractivity contribution in [1.82, 2.24) is 5.43 Å². The van der Waals surface area contributed by atoms with Crippen LogP contribution in [-0.2, 0) is 0 Å². The van der Waals surface area contributed by atoms with E-state index in [-0.39, 0.29) is 22.6 Å². The minimum absolute atomic E-state index is 0.0734. The Kier molecular flexibility index (Phi) is 4.55. The van der Waals surface area contributed by atoms with Crippen molar-refractivity contribution in [2.45, 2.75) is 12.8 Å². The first kappa shape index (κ1) is 15.8. The van der Waals surface area contributed by atoms with Crippen molar-refractivity contribution in [2.24, 2.45) is 11.0 Å². The number of hydrazone groups is 1. The van der Waals surface area contributed by atoms with Crippen molar-refractivity contribution < 1.29 is 9.90 Å². The van der Waals surface area contributed by atoms with E-state index in [4.69, 9.17) is 23.2 Å². The topological polar surface area (TPSA) is 61.7 Å². The zero-order chi connectivity index (χ0) is 16.4. The number of phenols is 1. The number of aromatic hydroxyl groups is 1. The average molecular weight is 349 g/mol. The van der Waals surface area contributed by atoms with Crippen LogP contribution in [-0.4, -0.2) is 16.7 Å². The number of amides is 1. The van der Waals surface area contributed by atoms with Crippen LogP contribution in [0.15, 0.2) is 47.6 Å². The molecule has 118 valence electrons. The van der Waals surface area contributed by atoms with Gasteiger partial charge in [0.05, 0.1) is 10.7 Å². The molecular formula is C17H14Cl2N2O2. The minimum Gasteiger partial charge on any atom is -0.506 e. The van der Waals surface area contributed by atoms with E-state index in [1.807, 2.05) is 6.07 Å². The molecule has 2 aromatic carbocycles. The molecule has 0 aromatic heterocycles. The second-order valence-corrected chi connectivity index (χ2v) is 6.21. The van der Waals surface area contributed by atoms with Crippen LogP contribution < -0.4 is 5.43 Å². The molecule has 1 saturated carbocycles. The first-order chi connectivity index (χ1) is 11.1. The highest BCUT2D eigenvalue weighted by atomic mass is 35.5. The molecule has 4 nitrogen and oxygen atoms in total. The Labute approximate surface area is 143 Å². The molecule has 1 amide bonds. The first-order valence-electron chi connectivity index (χ1n) is 7.17. The third-order valence-corrected chi connectivity index (χ3v) is 4.09. The second kappa shape index (κ2) is 6.60. The van der Waals surface area contributed by atoms with Crippen LogP contribution in [0.4, 0.5) is 0 Å². The zero-order valence-electron chi connectivity index (χ0n) is 12.1. The predicted molar refractivity (Wildman–Crippen MR) is 91.3 cm³/mol. The number of carbonyl (C=O) groups excluding carboxylic acids is 1. The number of rotatable bonds is 4. The van der Waals surface area contributed by atoms with E-state index in [0.717, 1.165) is 12.8 Å². The van der Waals surface area contributed by atoms with Gasteiger partial charge in [-0.25, -0.2) is 5.43 Å². The first-order valence-corrected chi connectivity index (χ1v) is 7.93. The van der Waals surface area contributed by atoms with Gasteiger partial charge in [-0.2, -0.15) is 5.10 Å². The Morgan fingerprint density at radius 3 is 2.52 bits per heavy atom. The predicted octanol–water partition coefficient (Wildman–Crippen LogP) is 4.24. The Hall–Kier alpha value is -2.04. The lowest BCUT2D eigenvalue weighted by Gasteiger charge is -2.10. The number of hydrogen-bond acceptors (Lipinski definition) is 3. The van der Waals surface area contributed by atoms with Gasteiger partial charge in [-0.15, -0.1) is 0 Å². The van der Waals surface area contributed by atoms with Crippen molar-refractivity contribution in [3.8, 4) is 5.75 Å². The number of hydrogen-bond donors (Lipinski definition) is 2. The van der Waals surface area contributed by atoms with E-state index >= 15 is 0 Å². The van der Waals surface area contributed by atoms with Gasteiger partial charge in [0.2, 0.25) is 0 Å². The third-order valence-electron chi connectivity index (χ3n) is 3.58. The van der Waals surface area contributed by atoms with E-state index in [1.165, 1.54) is 6.07 Å². The lowest BCUT2D eigenvalue weighted by atomic mass is 10.1. The van der Waals surface area contributed by atoms with Gasteiger partial charge in [0.25, 0.3) is 5.91 Å². The molecular weight excluding hydrogens is 335 g/mol. The summed E-state index contributed by atoms with van der Waals surface area (Å²) in [6.07, 6.45) is 1.90. The molecule has 0 heterocycles. The fourth-order valence-corrected chi connectivity index (χ4v) is 2.75. The van der Waals surface area contributed by atoms with Crippen molar-refractivity contribution in [3.05, 3.63) is 63.6 Å². The number of carbonyl (C=O) groups is 1. The van der Waals surface area contributed by atoms with Gasteiger partial charge < -0.3 is 5.11 Å². The molecule has 0 radical (unpaired) electrons. The molecule has 1 fully saturated rings. The molecule has 2 aromatic rings. The van der Waals surface area contributed by atoms with E-state index in [1.54, 1.807) is 30.3 Å². The molecule has 0 unspecified atom stereocenters. The maximum atomic E-state index is 12.1. The fraction of sp³-hybridized carbons (Fsp3) is 0.176. The quantitative estimate of drug-likeness (QED) is 0.641. The molecule has 6 heteroatoms. The molecule has 1 aliphatic rings. The normalized spacial score (nSPS) is 14.6. The lowest BCUT2D eigenvalue weighted by Crippen LogP contribution is -2.21. The van der Waals surface area contributed by atoms with Gasteiger partial charge >= 0.3 is 0 Å². The second-order valence-electron chi connectivity index (χ2n) is 5.36. The van der Waals surface area contributed by atoms with Gasteiger partial charge in [-0.05, 0) is 37.1 Å². The van der Waals surface area contributed by atoms with E-state index < -0.39 is 0 Å². The SMILES string of the molecule is O=C(NN=C(c1cc(Cl)cc(Cl)c1O)C1CC1)c1ccccc1. The van der Waals surface area contributed by atoms with Crippen LogP contribution in [0.5, 0.6) is 5.75 Å². The van der Waals surface area contributed by atoms with Gasteiger partial charge in [0.1, 0.15) is 5.75 Å². The van der Waals surface area contributed by atoms with E-state index in [9.17, 15) is 9.90 Å². The molecule has 2 N–H and O–H groups in total. The van der Waals surface area contributed by atoms with Crippen molar-refractivity contribution in [2.75, 3.05) is 0 Å². The monoisotopic (exact) mass is 348 g/mol. The third kappa shape index (κ3) is 3.66. The number of benzene rings is 2. The molecule has 1 aliphatic carbocycles. The summed E-state index contributed by atoms with van der Waals surface area (Å²) in [5.74, 6) is -0.196. The molecule has 0 bridgehead atoms. The maximum Gasteiger partial charge on any atom is 0.271 e. The Morgan fingerprint density at radius 1 is 1.17 bits per heavy atom. The highest BCUT2D eigenvalue weighted by Crippen LogP contribution is 2.39. The summed E-state index contributed by atoms with van der Waals surface area (Å²) in [6, 6.07) is 11.9.